The molecule has 84 valence electrons. The molecule has 1 aromatic heterocycles. The first-order chi connectivity index (χ1) is 6.84. The summed E-state index contributed by atoms with van der Waals surface area (Å²) in [5, 5.41) is 2.87. The Bertz CT molecular complexity index is 277. The molecule has 0 bridgehead atoms. The van der Waals surface area contributed by atoms with Crippen molar-refractivity contribution in [1.82, 2.24) is 10.3 Å². The number of aromatic nitrogens is 1. The number of carbonyl (C=O) groups is 1. The first-order valence-corrected chi connectivity index (χ1v) is 5.03. The Labute approximate surface area is 96.7 Å². The van der Waals surface area contributed by atoms with Gasteiger partial charge in [0.25, 0.3) is 5.91 Å². The van der Waals surface area contributed by atoms with Crippen molar-refractivity contribution in [3.05, 3.63) is 30.1 Å². The summed E-state index contributed by atoms with van der Waals surface area (Å²) >= 11 is 0. The molecule has 0 aromatic carbocycles. The van der Waals surface area contributed by atoms with E-state index in [1.165, 1.54) is 6.42 Å². The fourth-order valence-corrected chi connectivity index (χ4v) is 1.18. The second kappa shape index (κ2) is 8.24. The summed E-state index contributed by atoms with van der Waals surface area (Å²) in [6.07, 6.45) is 6.64. The molecule has 1 N–H and O–H groups in total. The number of hydrogen-bond acceptors (Lipinski definition) is 2. The average molecular weight is 229 g/mol. The molecule has 0 aliphatic heterocycles. The van der Waals surface area contributed by atoms with Crippen LogP contribution in [0.1, 0.15) is 36.5 Å². The van der Waals surface area contributed by atoms with E-state index < -0.39 is 0 Å². The molecule has 15 heavy (non-hydrogen) atoms. The van der Waals surface area contributed by atoms with Crippen molar-refractivity contribution in [2.45, 2.75) is 26.2 Å². The zero-order valence-electron chi connectivity index (χ0n) is 8.90. The van der Waals surface area contributed by atoms with E-state index in [-0.39, 0.29) is 18.3 Å². The van der Waals surface area contributed by atoms with E-state index >= 15 is 0 Å². The van der Waals surface area contributed by atoms with Crippen LogP contribution in [0.25, 0.3) is 0 Å². The second-order valence-corrected chi connectivity index (χ2v) is 3.20. The highest BCUT2D eigenvalue weighted by Gasteiger charge is 2.02. The van der Waals surface area contributed by atoms with Gasteiger partial charge < -0.3 is 5.32 Å². The van der Waals surface area contributed by atoms with E-state index in [0.717, 1.165) is 19.4 Å². The zero-order chi connectivity index (χ0) is 10.2. The van der Waals surface area contributed by atoms with Crippen molar-refractivity contribution in [3.8, 4) is 0 Å². The third kappa shape index (κ3) is 5.37. The van der Waals surface area contributed by atoms with Crippen molar-refractivity contribution < 1.29 is 4.79 Å². The van der Waals surface area contributed by atoms with Crippen molar-refractivity contribution in [2.75, 3.05) is 6.54 Å². The van der Waals surface area contributed by atoms with Gasteiger partial charge in [0.2, 0.25) is 0 Å². The van der Waals surface area contributed by atoms with E-state index in [2.05, 4.69) is 17.2 Å². The van der Waals surface area contributed by atoms with Crippen LogP contribution in [0.4, 0.5) is 0 Å². The van der Waals surface area contributed by atoms with Crippen LogP contribution in [0.2, 0.25) is 0 Å². The van der Waals surface area contributed by atoms with Gasteiger partial charge in [0.1, 0.15) is 0 Å². The Kier molecular flexibility index (Phi) is 7.64. The lowest BCUT2D eigenvalue weighted by atomic mass is 10.2. The Balaban J connectivity index is 0.00000196. The van der Waals surface area contributed by atoms with E-state index in [1.807, 2.05) is 0 Å². The Hall–Kier alpha value is -1.09. The molecule has 1 aromatic rings. The predicted molar refractivity (Wildman–Crippen MR) is 63.3 cm³/mol. The summed E-state index contributed by atoms with van der Waals surface area (Å²) in [6, 6.07) is 3.43. The molecule has 0 aliphatic carbocycles. The molecule has 1 amide bonds. The molecule has 3 nitrogen and oxygen atoms in total. The molecule has 1 heterocycles. The van der Waals surface area contributed by atoms with Gasteiger partial charge in [0.05, 0.1) is 0 Å². The van der Waals surface area contributed by atoms with Crippen LogP contribution >= 0.6 is 12.4 Å². The molecular weight excluding hydrogens is 212 g/mol. The molecular formula is C11H17ClN2O. The molecule has 0 saturated heterocycles. The van der Waals surface area contributed by atoms with Gasteiger partial charge in [-0.05, 0) is 18.6 Å². The molecule has 1 rings (SSSR count). The molecule has 0 spiro atoms. The fraction of sp³-hybridized carbons (Fsp3) is 0.455. The number of nitrogens with one attached hydrogen (secondary N) is 1. The number of nitrogens with zero attached hydrogens (tertiary/aromatic N) is 1. The smallest absolute Gasteiger partial charge is 0.251 e. The minimum Gasteiger partial charge on any atom is -0.352 e. The van der Waals surface area contributed by atoms with Crippen LogP contribution in [0, 0.1) is 0 Å². The second-order valence-electron chi connectivity index (χ2n) is 3.20. The minimum atomic E-state index is -0.0106. The van der Waals surface area contributed by atoms with Gasteiger partial charge in [-0.1, -0.05) is 19.8 Å². The summed E-state index contributed by atoms with van der Waals surface area (Å²) in [5.74, 6) is -0.0106. The number of amides is 1. The molecule has 0 fully saturated rings. The molecule has 0 saturated carbocycles. The zero-order valence-corrected chi connectivity index (χ0v) is 9.72. The Morgan fingerprint density at radius 3 is 2.60 bits per heavy atom. The van der Waals surface area contributed by atoms with Gasteiger partial charge in [-0.2, -0.15) is 0 Å². The van der Waals surface area contributed by atoms with Crippen LogP contribution in [0.15, 0.2) is 24.5 Å². The quantitative estimate of drug-likeness (QED) is 0.787. The lowest BCUT2D eigenvalue weighted by Crippen LogP contribution is -2.24. The highest BCUT2D eigenvalue weighted by atomic mass is 35.5. The highest BCUT2D eigenvalue weighted by molar-refractivity contribution is 5.93. The first-order valence-electron chi connectivity index (χ1n) is 5.03. The number of carbonyl (C=O) groups excluding carboxylic acids is 1. The Morgan fingerprint density at radius 1 is 1.33 bits per heavy atom. The fourth-order valence-electron chi connectivity index (χ4n) is 1.18. The summed E-state index contributed by atoms with van der Waals surface area (Å²) < 4.78 is 0. The van der Waals surface area contributed by atoms with Gasteiger partial charge in [0, 0.05) is 24.5 Å². The largest absolute Gasteiger partial charge is 0.352 e. The van der Waals surface area contributed by atoms with E-state index in [0.29, 0.717) is 5.56 Å². The van der Waals surface area contributed by atoms with Crippen LogP contribution in [0.5, 0.6) is 0 Å². The summed E-state index contributed by atoms with van der Waals surface area (Å²) in [5.41, 5.74) is 0.677. The Morgan fingerprint density at radius 2 is 2.00 bits per heavy atom. The predicted octanol–water partition coefficient (Wildman–Crippen LogP) is 2.42. The number of unbranched alkanes of at least 4 members (excludes halogenated alkanes) is 2. The third-order valence-electron chi connectivity index (χ3n) is 2.01. The SMILES string of the molecule is CCCCCNC(=O)c1ccncc1.Cl. The molecule has 4 heteroatoms. The van der Waals surface area contributed by atoms with Crippen LogP contribution < -0.4 is 5.32 Å². The van der Waals surface area contributed by atoms with Crippen LogP contribution in [0.3, 0.4) is 0 Å². The summed E-state index contributed by atoms with van der Waals surface area (Å²) in [4.78, 5) is 15.3. The van der Waals surface area contributed by atoms with Gasteiger partial charge in [-0.25, -0.2) is 0 Å². The van der Waals surface area contributed by atoms with Crippen molar-refractivity contribution in [1.29, 1.82) is 0 Å². The monoisotopic (exact) mass is 228 g/mol. The van der Waals surface area contributed by atoms with E-state index in [1.54, 1.807) is 24.5 Å². The lowest BCUT2D eigenvalue weighted by Gasteiger charge is -2.03. The number of hydrogen-bond donors (Lipinski definition) is 1. The highest BCUT2D eigenvalue weighted by Crippen LogP contribution is 1.96. The average Bonchev–Trinajstić information content (AvgIpc) is 2.25. The minimum absolute atomic E-state index is 0. The molecule has 0 unspecified atom stereocenters. The normalized spacial score (nSPS) is 9.13. The maximum absolute atomic E-state index is 11.5. The maximum Gasteiger partial charge on any atom is 0.251 e. The molecule has 0 radical (unpaired) electrons. The molecule has 0 atom stereocenters. The van der Waals surface area contributed by atoms with E-state index in [4.69, 9.17) is 0 Å². The van der Waals surface area contributed by atoms with Crippen LogP contribution in [-0.4, -0.2) is 17.4 Å². The van der Waals surface area contributed by atoms with Gasteiger partial charge in [-0.15, -0.1) is 12.4 Å². The van der Waals surface area contributed by atoms with Gasteiger partial charge >= 0.3 is 0 Å². The summed E-state index contributed by atoms with van der Waals surface area (Å²) in [6.45, 7) is 2.90. The van der Waals surface area contributed by atoms with Crippen LogP contribution in [-0.2, 0) is 0 Å². The number of pyridine rings is 1. The standard InChI is InChI=1S/C11H16N2O.ClH/c1-2-3-4-7-13-11(14)10-5-8-12-9-6-10;/h5-6,8-9H,2-4,7H2,1H3,(H,13,14);1H. The van der Waals surface area contributed by atoms with Crippen molar-refractivity contribution in [2.24, 2.45) is 0 Å². The number of rotatable bonds is 5. The topological polar surface area (TPSA) is 42.0 Å². The van der Waals surface area contributed by atoms with E-state index in [9.17, 15) is 4.79 Å². The van der Waals surface area contributed by atoms with Gasteiger partial charge in [0.15, 0.2) is 0 Å². The molecule has 0 aliphatic rings. The van der Waals surface area contributed by atoms with Crippen molar-refractivity contribution in [3.63, 3.8) is 0 Å². The maximum atomic E-state index is 11.5. The lowest BCUT2D eigenvalue weighted by molar-refractivity contribution is 0.0953. The number of halogens is 1. The van der Waals surface area contributed by atoms with Crippen molar-refractivity contribution >= 4 is 18.3 Å². The first kappa shape index (κ1) is 13.9. The van der Waals surface area contributed by atoms with Gasteiger partial charge in [-0.3, -0.25) is 9.78 Å². The summed E-state index contributed by atoms with van der Waals surface area (Å²) in [7, 11) is 0. The third-order valence-corrected chi connectivity index (χ3v) is 2.01.